The van der Waals surface area contributed by atoms with Crippen LogP contribution >= 0.6 is 0 Å². The van der Waals surface area contributed by atoms with Crippen LogP contribution in [0.3, 0.4) is 0 Å². The van der Waals surface area contributed by atoms with Crippen LogP contribution in [-0.4, -0.2) is 19.1 Å². The summed E-state index contributed by atoms with van der Waals surface area (Å²) in [5.41, 5.74) is -2.93. The molecule has 0 spiro atoms. The van der Waals surface area contributed by atoms with Gasteiger partial charge < -0.3 is 9.84 Å². The number of rotatable bonds is 3. The van der Waals surface area contributed by atoms with Gasteiger partial charge in [0.15, 0.2) is 0 Å². The van der Waals surface area contributed by atoms with Gasteiger partial charge in [-0.05, 0) is 36.2 Å². The van der Waals surface area contributed by atoms with Gasteiger partial charge in [-0.3, -0.25) is 24.1 Å². The number of H-pyrrole nitrogens is 2. The molecule has 0 amide bonds. The van der Waals surface area contributed by atoms with Gasteiger partial charge in [0, 0.05) is 16.8 Å². The van der Waals surface area contributed by atoms with E-state index in [1.165, 1.54) is 0 Å². The highest BCUT2D eigenvalue weighted by molar-refractivity contribution is 5.58. The van der Waals surface area contributed by atoms with Crippen molar-refractivity contribution in [1.82, 2.24) is 19.1 Å². The summed E-state index contributed by atoms with van der Waals surface area (Å²) >= 11 is 0. The van der Waals surface area contributed by atoms with E-state index in [2.05, 4.69) is 9.97 Å². The molecule has 182 valence electrons. The van der Waals surface area contributed by atoms with Crippen molar-refractivity contribution in [1.29, 1.82) is 0 Å². The first-order valence-corrected chi connectivity index (χ1v) is 11.3. The molecule has 0 aliphatic carbocycles. The summed E-state index contributed by atoms with van der Waals surface area (Å²) in [7, 11) is 0. The smallest absolute Gasteiger partial charge is 0.335 e. The average Bonchev–Trinajstić information content (AvgIpc) is 2.89. The van der Waals surface area contributed by atoms with E-state index in [9.17, 15) is 24.3 Å². The van der Waals surface area contributed by atoms with Gasteiger partial charge in [0.25, 0.3) is 11.1 Å². The summed E-state index contributed by atoms with van der Waals surface area (Å²) in [6.07, 6.45) is 0. The van der Waals surface area contributed by atoms with Gasteiger partial charge >= 0.3 is 11.4 Å². The molecule has 10 heteroatoms. The molecule has 1 aliphatic heterocycles. The molecule has 0 fully saturated rings. The zero-order chi connectivity index (χ0) is 25.7. The van der Waals surface area contributed by atoms with Gasteiger partial charge in [0.1, 0.15) is 5.75 Å². The number of aromatic amines is 2. The topological polar surface area (TPSA) is 142 Å². The molecule has 0 saturated heterocycles. The molecular formula is C27H17N4O6-. The number of nitrogens with zero attached hydrogens (tertiary/aromatic N) is 2. The Hall–Kier alpha value is -5.38. The number of hydrogen-bond acceptors (Lipinski definition) is 6. The van der Waals surface area contributed by atoms with Gasteiger partial charge in [-0.2, -0.15) is 0 Å². The third-order valence-electron chi connectivity index (χ3n) is 6.25. The fourth-order valence-corrected chi connectivity index (χ4v) is 4.65. The molecule has 3 heterocycles. The molecule has 5 aromatic rings. The first-order valence-electron chi connectivity index (χ1n) is 11.3. The Morgan fingerprint density at radius 1 is 0.676 bits per heavy atom. The molecular weight excluding hydrogens is 476 g/mol. The van der Waals surface area contributed by atoms with Crippen molar-refractivity contribution in [3.05, 3.63) is 143 Å². The predicted octanol–water partition coefficient (Wildman–Crippen LogP) is 1.72. The Morgan fingerprint density at radius 2 is 1.24 bits per heavy atom. The molecule has 10 nitrogen and oxygen atoms in total. The van der Waals surface area contributed by atoms with Crippen LogP contribution in [0.1, 0.15) is 22.6 Å². The Labute approximate surface area is 207 Å². The van der Waals surface area contributed by atoms with Crippen molar-refractivity contribution >= 4 is 0 Å². The van der Waals surface area contributed by atoms with E-state index in [1.54, 1.807) is 84.9 Å². The Balaban J connectivity index is 1.72. The molecule has 2 aromatic heterocycles. The molecule has 1 unspecified atom stereocenters. The van der Waals surface area contributed by atoms with Crippen molar-refractivity contribution < 1.29 is 9.84 Å². The molecule has 37 heavy (non-hydrogen) atoms. The van der Waals surface area contributed by atoms with E-state index >= 15 is 0 Å². The van der Waals surface area contributed by atoms with Crippen LogP contribution in [0.2, 0.25) is 0 Å². The molecule has 3 aromatic carbocycles. The van der Waals surface area contributed by atoms with Gasteiger partial charge in [0.05, 0.1) is 17.2 Å². The molecule has 0 radical (unpaired) electrons. The van der Waals surface area contributed by atoms with Crippen LogP contribution in [0.4, 0.5) is 0 Å². The predicted molar refractivity (Wildman–Crippen MR) is 132 cm³/mol. The summed E-state index contributed by atoms with van der Waals surface area (Å²) in [6.45, 7) is 0. The summed E-state index contributed by atoms with van der Waals surface area (Å²) in [5.74, 6) is -2.04. The zero-order valence-electron chi connectivity index (χ0n) is 19.0. The van der Waals surface area contributed by atoms with Crippen LogP contribution in [0.25, 0.3) is 11.4 Å². The Kier molecular flexibility index (Phi) is 5.01. The zero-order valence-corrected chi connectivity index (χ0v) is 19.0. The van der Waals surface area contributed by atoms with Gasteiger partial charge in [-0.25, -0.2) is 14.2 Å². The van der Waals surface area contributed by atoms with Crippen molar-refractivity contribution in [2.24, 2.45) is 0 Å². The highest BCUT2D eigenvalue weighted by Crippen LogP contribution is 2.45. The number of nitrogens with one attached hydrogen (secondary N) is 2. The summed E-state index contributed by atoms with van der Waals surface area (Å²) < 4.78 is 7.60. The summed E-state index contributed by atoms with van der Waals surface area (Å²) in [4.78, 5) is 57.5. The minimum atomic E-state index is -1.23. The highest BCUT2D eigenvalue weighted by atomic mass is 16.5. The van der Waals surface area contributed by atoms with Gasteiger partial charge in [0.2, 0.25) is 5.88 Å². The normalized spacial score (nSPS) is 13.9. The van der Waals surface area contributed by atoms with Crippen molar-refractivity contribution in [2.75, 3.05) is 0 Å². The molecule has 6 rings (SSSR count). The number of benzene rings is 3. The first-order chi connectivity index (χ1) is 18.0. The molecule has 0 bridgehead atoms. The SMILES string of the molecule is O=c1[nH]c(=O)n(-c2ccccc2)c([O-])c1C1c2ccccc2Oc2[nH]c(=O)n(-c3ccccc3)c(=O)c21. The fourth-order valence-electron chi connectivity index (χ4n) is 4.65. The van der Waals surface area contributed by atoms with Crippen LogP contribution < -0.4 is 32.3 Å². The molecule has 1 aliphatic rings. The minimum absolute atomic E-state index is 0.108. The van der Waals surface area contributed by atoms with Gasteiger partial charge in [-0.1, -0.05) is 54.6 Å². The van der Waals surface area contributed by atoms with E-state index in [1.807, 2.05) is 0 Å². The third kappa shape index (κ3) is 3.42. The van der Waals surface area contributed by atoms with Crippen LogP contribution in [0, 0.1) is 0 Å². The maximum atomic E-state index is 13.9. The number of ether oxygens (including phenoxy) is 1. The number of aromatic nitrogens is 4. The van der Waals surface area contributed by atoms with Crippen molar-refractivity contribution in [3.8, 4) is 28.9 Å². The van der Waals surface area contributed by atoms with Crippen molar-refractivity contribution in [2.45, 2.75) is 5.92 Å². The monoisotopic (exact) mass is 493 g/mol. The third-order valence-corrected chi connectivity index (χ3v) is 6.25. The lowest BCUT2D eigenvalue weighted by molar-refractivity contribution is -0.279. The second-order valence-electron chi connectivity index (χ2n) is 8.37. The average molecular weight is 493 g/mol. The van der Waals surface area contributed by atoms with Crippen LogP contribution in [0.5, 0.6) is 17.5 Å². The van der Waals surface area contributed by atoms with Crippen molar-refractivity contribution in [3.63, 3.8) is 0 Å². The van der Waals surface area contributed by atoms with Crippen LogP contribution in [0.15, 0.2) is 104 Å². The molecule has 1 atom stereocenters. The maximum absolute atomic E-state index is 13.9. The number of hydrogen-bond donors (Lipinski definition) is 2. The van der Waals surface area contributed by atoms with E-state index in [0.717, 1.165) is 9.13 Å². The number of fused-ring (bicyclic) bond motifs is 2. The largest absolute Gasteiger partial charge is 0.859 e. The number of para-hydroxylation sites is 3. The molecule has 0 saturated carbocycles. The standard InChI is InChI=1S/C27H18N4O6/c32-22-20(24(33)30(26(35)28-22)15-9-3-1-4-10-15)19-17-13-7-8-14-18(17)37-23-21(19)25(34)31(27(36)29-23)16-11-5-2-6-12-16/h1-14,19,33H,(H,29,36)(H,28,32,35)/p-1. The quantitative estimate of drug-likeness (QED) is 0.385. The fraction of sp³-hybridized carbons (Fsp3) is 0.0370. The second kappa shape index (κ2) is 8.38. The van der Waals surface area contributed by atoms with Gasteiger partial charge in [-0.15, -0.1) is 0 Å². The first kappa shape index (κ1) is 22.1. The van der Waals surface area contributed by atoms with E-state index < -0.39 is 34.3 Å². The lowest BCUT2D eigenvalue weighted by Gasteiger charge is -2.30. The van der Waals surface area contributed by atoms with E-state index in [4.69, 9.17) is 4.74 Å². The Bertz CT molecular complexity index is 1900. The van der Waals surface area contributed by atoms with E-state index in [0.29, 0.717) is 11.3 Å². The lowest BCUT2D eigenvalue weighted by Crippen LogP contribution is -2.41. The second-order valence-corrected chi connectivity index (χ2v) is 8.37. The maximum Gasteiger partial charge on any atom is 0.335 e. The molecule has 2 N–H and O–H groups in total. The van der Waals surface area contributed by atoms with E-state index in [-0.39, 0.29) is 28.4 Å². The summed E-state index contributed by atoms with van der Waals surface area (Å²) in [6, 6.07) is 22.9. The minimum Gasteiger partial charge on any atom is -0.859 e. The summed E-state index contributed by atoms with van der Waals surface area (Å²) in [5, 5.41) is 13.8. The van der Waals surface area contributed by atoms with Crippen LogP contribution in [-0.2, 0) is 0 Å². The highest BCUT2D eigenvalue weighted by Gasteiger charge is 2.36. The Morgan fingerprint density at radius 3 is 1.92 bits per heavy atom. The lowest BCUT2D eigenvalue weighted by atomic mass is 9.84.